The highest BCUT2D eigenvalue weighted by atomic mass is 32.1. The SMILES string of the molecule is CN(OC(=O)CCCOc1cc(O)c2c(c1)CCC/C2=N\NC(=O)CC(C)(C)S)C(=O)CCC=O. The molecule has 0 radical (unpaired) electrons. The highest BCUT2D eigenvalue weighted by Gasteiger charge is 2.22. The molecular formula is C24H33N3O7S. The average Bonchev–Trinajstić information content (AvgIpc) is 2.77. The topological polar surface area (TPSA) is 135 Å². The Hall–Kier alpha value is -3.08. The summed E-state index contributed by atoms with van der Waals surface area (Å²) < 4.78 is 5.24. The van der Waals surface area contributed by atoms with Gasteiger partial charge in [-0.05, 0) is 37.3 Å². The maximum absolute atomic E-state index is 12.1. The Bertz CT molecular complexity index is 973. The first-order valence-electron chi connectivity index (χ1n) is 11.5. The Morgan fingerprint density at radius 2 is 2.00 bits per heavy atom. The Morgan fingerprint density at radius 1 is 1.26 bits per heavy atom. The van der Waals surface area contributed by atoms with Crippen molar-refractivity contribution in [2.24, 2.45) is 5.10 Å². The summed E-state index contributed by atoms with van der Waals surface area (Å²) in [7, 11) is 1.32. The number of phenols is 1. The first-order chi connectivity index (χ1) is 16.5. The summed E-state index contributed by atoms with van der Waals surface area (Å²) in [5.41, 5.74) is 4.62. The van der Waals surface area contributed by atoms with E-state index in [9.17, 15) is 24.3 Å². The molecule has 0 atom stereocenters. The van der Waals surface area contributed by atoms with E-state index in [1.807, 2.05) is 19.9 Å². The predicted molar refractivity (Wildman–Crippen MR) is 132 cm³/mol. The lowest BCUT2D eigenvalue weighted by atomic mass is 9.89. The summed E-state index contributed by atoms with van der Waals surface area (Å²) in [6.07, 6.45) is 3.42. The lowest BCUT2D eigenvalue weighted by Gasteiger charge is -2.21. The number of carbonyl (C=O) groups excluding carboxylic acids is 4. The molecule has 1 aliphatic carbocycles. The second-order valence-electron chi connectivity index (χ2n) is 8.92. The van der Waals surface area contributed by atoms with Crippen molar-refractivity contribution < 1.29 is 33.9 Å². The van der Waals surface area contributed by atoms with E-state index in [0.717, 1.165) is 23.5 Å². The van der Waals surface area contributed by atoms with Gasteiger partial charge < -0.3 is 19.5 Å². The van der Waals surface area contributed by atoms with Gasteiger partial charge in [0, 0.05) is 42.7 Å². The number of nitrogens with zero attached hydrogens (tertiary/aromatic N) is 2. The van der Waals surface area contributed by atoms with Gasteiger partial charge in [0.2, 0.25) is 5.91 Å². The molecule has 0 spiro atoms. The first kappa shape index (κ1) is 28.2. The van der Waals surface area contributed by atoms with E-state index in [0.29, 0.717) is 36.2 Å². The smallest absolute Gasteiger partial charge is 0.332 e. The largest absolute Gasteiger partial charge is 0.507 e. The molecule has 0 saturated heterocycles. The highest BCUT2D eigenvalue weighted by Crippen LogP contribution is 2.33. The normalized spacial score (nSPS) is 14.1. The number of hydrogen-bond acceptors (Lipinski definition) is 9. The number of aryl methyl sites for hydroxylation is 1. The lowest BCUT2D eigenvalue weighted by Crippen LogP contribution is -2.29. The number of nitrogens with one attached hydrogen (secondary N) is 1. The molecule has 0 aromatic heterocycles. The number of benzene rings is 1. The molecule has 2 amide bonds. The maximum atomic E-state index is 12.1. The average molecular weight is 508 g/mol. The summed E-state index contributed by atoms with van der Waals surface area (Å²) in [6.45, 7) is 3.88. The van der Waals surface area contributed by atoms with Crippen LogP contribution >= 0.6 is 12.6 Å². The second-order valence-corrected chi connectivity index (χ2v) is 10.1. The number of rotatable bonds is 11. The number of aromatic hydroxyl groups is 1. The van der Waals surface area contributed by atoms with E-state index in [-0.39, 0.29) is 43.9 Å². The monoisotopic (exact) mass is 507 g/mol. The van der Waals surface area contributed by atoms with Gasteiger partial charge in [-0.2, -0.15) is 22.8 Å². The van der Waals surface area contributed by atoms with Crippen LogP contribution in [0.5, 0.6) is 11.5 Å². The van der Waals surface area contributed by atoms with Gasteiger partial charge in [-0.1, -0.05) is 13.8 Å². The standard InChI is InChI=1S/C24H33N3O7S/c1-24(2,35)15-20(30)26-25-18-8-4-7-16-13-17(14-19(29)23(16)18)33-12-6-10-22(32)34-27(3)21(31)9-5-11-28/h11,13-14,29,35H,4-10,12,15H2,1-3H3,(H,26,30)/b25-18+. The maximum Gasteiger partial charge on any atom is 0.332 e. The molecular weight excluding hydrogens is 474 g/mol. The molecule has 11 heteroatoms. The van der Waals surface area contributed by atoms with Crippen LogP contribution in [0.1, 0.15) is 69.9 Å². The fourth-order valence-electron chi connectivity index (χ4n) is 3.51. The zero-order chi connectivity index (χ0) is 26.0. The number of fused-ring (bicyclic) bond motifs is 1. The molecule has 0 bridgehead atoms. The minimum Gasteiger partial charge on any atom is -0.507 e. The molecule has 0 fully saturated rings. The number of thiol groups is 1. The molecule has 2 N–H and O–H groups in total. The summed E-state index contributed by atoms with van der Waals surface area (Å²) in [6, 6.07) is 3.30. The van der Waals surface area contributed by atoms with Gasteiger partial charge in [0.15, 0.2) is 0 Å². The molecule has 0 aliphatic heterocycles. The van der Waals surface area contributed by atoms with Crippen LogP contribution in [0.2, 0.25) is 0 Å². The Labute approximate surface area is 210 Å². The molecule has 1 aromatic carbocycles. The summed E-state index contributed by atoms with van der Waals surface area (Å²) >= 11 is 4.35. The number of hydrazone groups is 1. The van der Waals surface area contributed by atoms with Crippen molar-refractivity contribution in [1.29, 1.82) is 0 Å². The van der Waals surface area contributed by atoms with Crippen LogP contribution in [-0.2, 0) is 30.4 Å². The van der Waals surface area contributed by atoms with Gasteiger partial charge in [0.1, 0.15) is 17.8 Å². The zero-order valence-electron chi connectivity index (χ0n) is 20.3. The second kappa shape index (κ2) is 13.1. The van der Waals surface area contributed by atoms with Crippen molar-refractivity contribution in [3.63, 3.8) is 0 Å². The van der Waals surface area contributed by atoms with Crippen LogP contribution in [-0.4, -0.2) is 58.4 Å². The Kier molecular flexibility index (Phi) is 10.6. The first-order valence-corrected chi connectivity index (χ1v) is 11.9. The number of hydroxylamine groups is 2. The van der Waals surface area contributed by atoms with E-state index < -0.39 is 16.6 Å². The van der Waals surface area contributed by atoms with Crippen molar-refractivity contribution in [2.45, 2.75) is 70.0 Å². The van der Waals surface area contributed by atoms with E-state index in [1.54, 1.807) is 0 Å². The van der Waals surface area contributed by atoms with Crippen molar-refractivity contribution in [3.05, 3.63) is 23.3 Å². The molecule has 0 unspecified atom stereocenters. The van der Waals surface area contributed by atoms with E-state index in [2.05, 4.69) is 23.2 Å². The molecule has 10 nitrogen and oxygen atoms in total. The Morgan fingerprint density at radius 3 is 2.69 bits per heavy atom. The summed E-state index contributed by atoms with van der Waals surface area (Å²) in [4.78, 5) is 50.9. The summed E-state index contributed by atoms with van der Waals surface area (Å²) in [5.74, 6) is -0.834. The lowest BCUT2D eigenvalue weighted by molar-refractivity contribution is -0.192. The zero-order valence-corrected chi connectivity index (χ0v) is 21.2. The minimum atomic E-state index is -0.590. The van der Waals surface area contributed by atoms with Crippen molar-refractivity contribution in [3.8, 4) is 11.5 Å². The number of aldehydes is 1. The van der Waals surface area contributed by atoms with Crippen LogP contribution in [0.15, 0.2) is 17.2 Å². The van der Waals surface area contributed by atoms with Crippen LogP contribution in [0, 0.1) is 0 Å². The molecule has 1 aliphatic rings. The van der Waals surface area contributed by atoms with Crippen LogP contribution in [0.3, 0.4) is 0 Å². The summed E-state index contributed by atoms with van der Waals surface area (Å²) in [5, 5.41) is 15.7. The van der Waals surface area contributed by atoms with Gasteiger partial charge in [-0.3, -0.25) is 9.59 Å². The van der Waals surface area contributed by atoms with Gasteiger partial charge >= 0.3 is 5.97 Å². The van der Waals surface area contributed by atoms with E-state index in [1.165, 1.54) is 13.1 Å². The quantitative estimate of drug-likeness (QED) is 0.181. The van der Waals surface area contributed by atoms with Gasteiger partial charge in [-0.25, -0.2) is 10.2 Å². The highest BCUT2D eigenvalue weighted by molar-refractivity contribution is 7.81. The Balaban J connectivity index is 1.89. The molecule has 2 rings (SSSR count). The molecule has 192 valence electrons. The third kappa shape index (κ3) is 9.59. The number of amides is 2. The van der Waals surface area contributed by atoms with Gasteiger partial charge in [0.25, 0.3) is 5.91 Å². The fraction of sp³-hybridized carbons (Fsp3) is 0.542. The van der Waals surface area contributed by atoms with Crippen LogP contribution < -0.4 is 10.2 Å². The molecule has 35 heavy (non-hydrogen) atoms. The third-order valence-electron chi connectivity index (χ3n) is 5.09. The van der Waals surface area contributed by atoms with E-state index >= 15 is 0 Å². The van der Waals surface area contributed by atoms with Crippen molar-refractivity contribution in [2.75, 3.05) is 13.7 Å². The number of carbonyl (C=O) groups is 4. The molecule has 0 heterocycles. The number of ether oxygens (including phenoxy) is 1. The van der Waals surface area contributed by atoms with Crippen LogP contribution in [0.25, 0.3) is 0 Å². The molecule has 1 aromatic rings. The van der Waals surface area contributed by atoms with E-state index in [4.69, 9.17) is 9.57 Å². The van der Waals surface area contributed by atoms with Gasteiger partial charge in [0.05, 0.1) is 18.7 Å². The molecule has 0 saturated carbocycles. The van der Waals surface area contributed by atoms with Crippen molar-refractivity contribution in [1.82, 2.24) is 10.5 Å². The van der Waals surface area contributed by atoms with Crippen molar-refractivity contribution >= 4 is 42.4 Å². The third-order valence-corrected chi connectivity index (χ3v) is 5.25. The fourth-order valence-corrected chi connectivity index (χ4v) is 3.66. The minimum absolute atomic E-state index is 0.00888. The van der Waals surface area contributed by atoms with Crippen LogP contribution in [0.4, 0.5) is 0 Å². The van der Waals surface area contributed by atoms with Gasteiger partial charge in [-0.15, -0.1) is 0 Å². The number of phenolic OH excluding ortho intramolecular Hbond substituents is 1. The predicted octanol–water partition coefficient (Wildman–Crippen LogP) is 2.70. The number of hydrogen-bond donors (Lipinski definition) is 3.